The van der Waals surface area contributed by atoms with E-state index in [1.54, 1.807) is 19.9 Å². The van der Waals surface area contributed by atoms with Crippen molar-refractivity contribution in [2.24, 2.45) is 0 Å². The van der Waals surface area contributed by atoms with Gasteiger partial charge in [-0.15, -0.1) is 0 Å². The Kier molecular flexibility index (Phi) is 3.56. The highest BCUT2D eigenvalue weighted by Gasteiger charge is 2.26. The molecule has 2 rings (SSSR count). The molecule has 0 aliphatic heterocycles. The summed E-state index contributed by atoms with van der Waals surface area (Å²) >= 11 is 0. The molecule has 1 fully saturated rings. The Morgan fingerprint density at radius 2 is 2.29 bits per heavy atom. The van der Waals surface area contributed by atoms with Crippen LogP contribution in [0.5, 0.6) is 5.88 Å². The maximum Gasteiger partial charge on any atom is 0.347 e. The van der Waals surface area contributed by atoms with Crippen molar-refractivity contribution >= 4 is 5.97 Å². The number of ether oxygens (including phenoxy) is 2. The summed E-state index contributed by atoms with van der Waals surface area (Å²) in [5.41, 5.74) is 0.992. The lowest BCUT2D eigenvalue weighted by Crippen LogP contribution is -2.26. The van der Waals surface area contributed by atoms with Gasteiger partial charge in [0.2, 0.25) is 5.88 Å². The lowest BCUT2D eigenvalue weighted by molar-refractivity contribution is -0.150. The monoisotopic (exact) mass is 236 g/mol. The average Bonchev–Trinajstić information content (AvgIpc) is 3.13. The number of hydrogen-bond acceptors (Lipinski definition) is 5. The normalized spacial score (nSPS) is 16.4. The molecule has 1 atom stereocenters. The summed E-state index contributed by atoms with van der Waals surface area (Å²) in [4.78, 5) is 19.6. The van der Waals surface area contributed by atoms with Crippen LogP contribution in [0.1, 0.15) is 38.3 Å². The second kappa shape index (κ2) is 5.12. The Morgan fingerprint density at radius 3 is 2.94 bits per heavy atom. The maximum absolute atomic E-state index is 11.4. The predicted molar refractivity (Wildman–Crippen MR) is 60.7 cm³/mol. The van der Waals surface area contributed by atoms with Crippen LogP contribution in [0.4, 0.5) is 0 Å². The van der Waals surface area contributed by atoms with Gasteiger partial charge in [-0.1, -0.05) is 0 Å². The van der Waals surface area contributed by atoms with Crippen molar-refractivity contribution in [3.8, 4) is 5.88 Å². The summed E-state index contributed by atoms with van der Waals surface area (Å²) in [5, 5.41) is 0. The fourth-order valence-electron chi connectivity index (χ4n) is 1.51. The Labute approximate surface area is 100 Å². The highest BCUT2D eigenvalue weighted by molar-refractivity contribution is 5.74. The van der Waals surface area contributed by atoms with Gasteiger partial charge < -0.3 is 9.47 Å². The molecular weight excluding hydrogens is 220 g/mol. The van der Waals surface area contributed by atoms with Crippen LogP contribution in [0.25, 0.3) is 0 Å². The van der Waals surface area contributed by atoms with Gasteiger partial charge in [0.1, 0.15) is 6.33 Å². The number of carbonyl (C=O) groups excluding carboxylic acids is 1. The molecule has 0 amide bonds. The van der Waals surface area contributed by atoms with Crippen LogP contribution in [0.2, 0.25) is 0 Å². The first-order valence-corrected chi connectivity index (χ1v) is 5.86. The van der Waals surface area contributed by atoms with Crippen molar-refractivity contribution in [2.75, 3.05) is 6.61 Å². The molecule has 0 spiro atoms. The second-order valence-corrected chi connectivity index (χ2v) is 4.07. The van der Waals surface area contributed by atoms with Crippen LogP contribution in [0.15, 0.2) is 12.4 Å². The lowest BCUT2D eigenvalue weighted by atomic mass is 10.3. The molecule has 0 N–H and O–H groups in total. The highest BCUT2D eigenvalue weighted by atomic mass is 16.6. The Bertz CT molecular complexity index is 404. The standard InChI is InChI=1S/C12H16N2O3/c1-3-16-12(15)8(2)17-11-6-10(9-4-5-9)13-7-14-11/h6-9H,3-5H2,1-2H3. The van der Waals surface area contributed by atoms with E-state index in [-0.39, 0.29) is 5.97 Å². The summed E-state index contributed by atoms with van der Waals surface area (Å²) < 4.78 is 10.3. The minimum absolute atomic E-state index is 0.351. The lowest BCUT2D eigenvalue weighted by Gasteiger charge is -2.12. The summed E-state index contributed by atoms with van der Waals surface area (Å²) in [6.07, 6.45) is 3.17. The zero-order chi connectivity index (χ0) is 12.3. The molecule has 0 radical (unpaired) electrons. The molecule has 0 aromatic carbocycles. The first-order valence-electron chi connectivity index (χ1n) is 5.86. The molecule has 17 heavy (non-hydrogen) atoms. The van der Waals surface area contributed by atoms with E-state index < -0.39 is 6.10 Å². The molecule has 1 saturated carbocycles. The van der Waals surface area contributed by atoms with Gasteiger partial charge in [-0.3, -0.25) is 0 Å². The fourth-order valence-corrected chi connectivity index (χ4v) is 1.51. The first kappa shape index (κ1) is 11.8. The predicted octanol–water partition coefficient (Wildman–Crippen LogP) is 1.68. The smallest absolute Gasteiger partial charge is 0.347 e. The molecule has 5 nitrogen and oxygen atoms in total. The zero-order valence-corrected chi connectivity index (χ0v) is 10.0. The molecule has 1 aliphatic carbocycles. The van der Waals surface area contributed by atoms with Gasteiger partial charge in [0.25, 0.3) is 0 Å². The van der Waals surface area contributed by atoms with Crippen LogP contribution in [0.3, 0.4) is 0 Å². The number of aromatic nitrogens is 2. The molecular formula is C12H16N2O3. The van der Waals surface area contributed by atoms with E-state index >= 15 is 0 Å². The largest absolute Gasteiger partial charge is 0.463 e. The minimum Gasteiger partial charge on any atom is -0.463 e. The second-order valence-electron chi connectivity index (χ2n) is 4.07. The summed E-state index contributed by atoms with van der Waals surface area (Å²) in [7, 11) is 0. The molecule has 1 heterocycles. The van der Waals surface area contributed by atoms with Crippen molar-refractivity contribution in [2.45, 2.75) is 38.7 Å². The minimum atomic E-state index is -0.642. The summed E-state index contributed by atoms with van der Waals surface area (Å²) in [5.74, 6) is 0.597. The van der Waals surface area contributed by atoms with E-state index in [4.69, 9.17) is 9.47 Å². The van der Waals surface area contributed by atoms with E-state index in [1.807, 2.05) is 0 Å². The van der Waals surface area contributed by atoms with Gasteiger partial charge in [-0.25, -0.2) is 14.8 Å². The third-order valence-electron chi connectivity index (χ3n) is 2.57. The van der Waals surface area contributed by atoms with Crippen molar-refractivity contribution in [3.05, 3.63) is 18.1 Å². The van der Waals surface area contributed by atoms with Gasteiger partial charge in [0.05, 0.1) is 12.3 Å². The van der Waals surface area contributed by atoms with E-state index in [9.17, 15) is 4.79 Å². The van der Waals surface area contributed by atoms with Crippen LogP contribution in [-0.2, 0) is 9.53 Å². The molecule has 1 aromatic heterocycles. The van der Waals surface area contributed by atoms with E-state index in [1.165, 1.54) is 19.2 Å². The van der Waals surface area contributed by atoms with Crippen LogP contribution in [0, 0.1) is 0 Å². The molecule has 1 aliphatic rings. The molecule has 0 saturated heterocycles. The number of hydrogen-bond donors (Lipinski definition) is 0. The number of nitrogens with zero attached hydrogens (tertiary/aromatic N) is 2. The van der Waals surface area contributed by atoms with E-state index in [0.717, 1.165) is 5.69 Å². The number of esters is 1. The van der Waals surface area contributed by atoms with Gasteiger partial charge >= 0.3 is 5.97 Å². The van der Waals surface area contributed by atoms with Crippen molar-refractivity contribution in [1.82, 2.24) is 9.97 Å². The van der Waals surface area contributed by atoms with E-state index in [2.05, 4.69) is 9.97 Å². The average molecular weight is 236 g/mol. The quantitative estimate of drug-likeness (QED) is 0.728. The maximum atomic E-state index is 11.4. The Hall–Kier alpha value is -1.65. The zero-order valence-electron chi connectivity index (χ0n) is 10.0. The summed E-state index contributed by atoms with van der Waals surface area (Å²) in [6.45, 7) is 3.76. The molecule has 5 heteroatoms. The van der Waals surface area contributed by atoms with Gasteiger partial charge in [-0.2, -0.15) is 0 Å². The first-order chi connectivity index (χ1) is 8.20. The van der Waals surface area contributed by atoms with Gasteiger partial charge in [-0.05, 0) is 26.7 Å². The molecule has 0 bridgehead atoms. The van der Waals surface area contributed by atoms with Crippen molar-refractivity contribution in [1.29, 1.82) is 0 Å². The van der Waals surface area contributed by atoms with Crippen LogP contribution < -0.4 is 4.74 Å². The van der Waals surface area contributed by atoms with Crippen LogP contribution >= 0.6 is 0 Å². The fraction of sp³-hybridized carbons (Fsp3) is 0.583. The molecule has 1 unspecified atom stereocenters. The highest BCUT2D eigenvalue weighted by Crippen LogP contribution is 2.39. The molecule has 1 aromatic rings. The summed E-state index contributed by atoms with van der Waals surface area (Å²) in [6, 6.07) is 1.80. The molecule has 92 valence electrons. The third kappa shape index (κ3) is 3.15. The SMILES string of the molecule is CCOC(=O)C(C)Oc1cc(C2CC2)ncn1. The Morgan fingerprint density at radius 1 is 1.53 bits per heavy atom. The van der Waals surface area contributed by atoms with Gasteiger partial charge in [0.15, 0.2) is 6.10 Å². The topological polar surface area (TPSA) is 61.3 Å². The Balaban J connectivity index is 1.97. The third-order valence-corrected chi connectivity index (χ3v) is 2.57. The van der Waals surface area contributed by atoms with E-state index in [0.29, 0.717) is 18.4 Å². The van der Waals surface area contributed by atoms with Crippen molar-refractivity contribution < 1.29 is 14.3 Å². The number of carbonyl (C=O) groups is 1. The van der Waals surface area contributed by atoms with Crippen molar-refractivity contribution in [3.63, 3.8) is 0 Å². The number of rotatable bonds is 5. The van der Waals surface area contributed by atoms with Crippen LogP contribution in [-0.4, -0.2) is 28.6 Å². The van der Waals surface area contributed by atoms with Gasteiger partial charge in [0, 0.05) is 12.0 Å².